The van der Waals surface area contributed by atoms with Gasteiger partial charge < -0.3 is 14.3 Å². The summed E-state index contributed by atoms with van der Waals surface area (Å²) in [6, 6.07) is 14.1. The fourth-order valence-corrected chi connectivity index (χ4v) is 4.10. The number of nitrogens with zero attached hydrogens (tertiary/aromatic N) is 5. The van der Waals surface area contributed by atoms with Crippen molar-refractivity contribution in [2.45, 2.75) is 38.0 Å². The van der Waals surface area contributed by atoms with E-state index in [1.165, 1.54) is 5.56 Å². The second-order valence-corrected chi connectivity index (χ2v) is 8.31. The van der Waals surface area contributed by atoms with Gasteiger partial charge in [-0.2, -0.15) is 4.98 Å². The average Bonchev–Trinajstić information content (AvgIpc) is 3.60. The van der Waals surface area contributed by atoms with Crippen molar-refractivity contribution >= 4 is 11.7 Å². The van der Waals surface area contributed by atoms with Crippen molar-refractivity contribution < 1.29 is 9.32 Å². The van der Waals surface area contributed by atoms with E-state index in [-0.39, 0.29) is 5.91 Å². The first kappa shape index (κ1) is 19.7. The monoisotopic (exact) mass is 417 g/mol. The lowest BCUT2D eigenvalue weighted by atomic mass is 10.1. The van der Waals surface area contributed by atoms with Gasteiger partial charge in [-0.15, -0.1) is 0 Å². The Morgan fingerprint density at radius 2 is 1.90 bits per heavy atom. The first-order chi connectivity index (χ1) is 15.3. The summed E-state index contributed by atoms with van der Waals surface area (Å²) in [6.07, 6.45) is 6.31. The fraction of sp³-hybridized carbons (Fsp3) is 0.417. The van der Waals surface area contributed by atoms with E-state index in [1.807, 2.05) is 35.2 Å². The van der Waals surface area contributed by atoms with Crippen LogP contribution in [0.25, 0.3) is 11.5 Å². The van der Waals surface area contributed by atoms with Crippen LogP contribution in [0.4, 0.5) is 5.82 Å². The zero-order chi connectivity index (χ0) is 21.0. The van der Waals surface area contributed by atoms with E-state index in [1.54, 1.807) is 6.20 Å². The molecule has 2 aliphatic rings. The summed E-state index contributed by atoms with van der Waals surface area (Å²) < 4.78 is 5.56. The lowest BCUT2D eigenvalue weighted by Crippen LogP contribution is -2.35. The van der Waals surface area contributed by atoms with Crippen molar-refractivity contribution in [3.8, 4) is 11.5 Å². The summed E-state index contributed by atoms with van der Waals surface area (Å²) in [4.78, 5) is 26.3. The Kier molecular flexibility index (Phi) is 5.65. The number of aryl methyl sites for hydroxylation is 1. The molecule has 0 unspecified atom stereocenters. The largest absolute Gasteiger partial charge is 0.354 e. The van der Waals surface area contributed by atoms with Gasteiger partial charge in [0.15, 0.2) is 5.82 Å². The van der Waals surface area contributed by atoms with Gasteiger partial charge in [-0.25, -0.2) is 4.98 Å². The number of carbonyl (C=O) groups excluding carboxylic acids is 1. The lowest BCUT2D eigenvalue weighted by Gasteiger charge is -2.24. The van der Waals surface area contributed by atoms with Gasteiger partial charge in [-0.3, -0.25) is 4.79 Å². The first-order valence-electron chi connectivity index (χ1n) is 11.1. The third-order valence-corrected chi connectivity index (χ3v) is 6.02. The number of amides is 1. The molecule has 2 aromatic heterocycles. The summed E-state index contributed by atoms with van der Waals surface area (Å²) >= 11 is 0. The molecule has 7 heteroatoms. The second kappa shape index (κ2) is 8.88. The molecule has 2 fully saturated rings. The summed E-state index contributed by atoms with van der Waals surface area (Å²) in [5, 5.41) is 4.15. The molecule has 1 saturated heterocycles. The number of benzene rings is 1. The molecular weight excluding hydrogens is 390 g/mol. The molecule has 1 aliphatic carbocycles. The molecule has 0 atom stereocenters. The fourth-order valence-electron chi connectivity index (χ4n) is 4.10. The molecular formula is C24H27N5O2. The van der Waals surface area contributed by atoms with Gasteiger partial charge >= 0.3 is 0 Å². The van der Waals surface area contributed by atoms with Gasteiger partial charge in [0.2, 0.25) is 5.91 Å². The number of anilines is 1. The van der Waals surface area contributed by atoms with Crippen LogP contribution >= 0.6 is 0 Å². The number of rotatable bonds is 6. The maximum absolute atomic E-state index is 12.8. The predicted molar refractivity (Wildman–Crippen MR) is 118 cm³/mol. The SMILES string of the molecule is O=C(CCc1ccccc1)N1CCCN(c2ncccc2-c2nc(C3CC3)no2)CC1. The van der Waals surface area contributed by atoms with Crippen LogP contribution in [0, 0.1) is 0 Å². The van der Waals surface area contributed by atoms with Crippen molar-refractivity contribution in [2.24, 2.45) is 0 Å². The third-order valence-electron chi connectivity index (χ3n) is 6.02. The Labute approximate surface area is 182 Å². The highest BCUT2D eigenvalue weighted by Gasteiger charge is 2.30. The molecule has 1 aromatic carbocycles. The molecule has 0 bridgehead atoms. The number of aromatic nitrogens is 3. The van der Waals surface area contributed by atoms with E-state index in [2.05, 4.69) is 32.2 Å². The number of carbonyl (C=O) groups is 1. The minimum atomic E-state index is 0.220. The molecule has 1 aliphatic heterocycles. The van der Waals surface area contributed by atoms with Crippen LogP contribution in [0.5, 0.6) is 0 Å². The quantitative estimate of drug-likeness (QED) is 0.609. The Morgan fingerprint density at radius 3 is 2.74 bits per heavy atom. The summed E-state index contributed by atoms with van der Waals surface area (Å²) in [7, 11) is 0. The second-order valence-electron chi connectivity index (χ2n) is 8.31. The Morgan fingerprint density at radius 1 is 1.03 bits per heavy atom. The molecule has 1 amide bonds. The summed E-state index contributed by atoms with van der Waals surface area (Å²) in [5.74, 6) is 2.86. The van der Waals surface area contributed by atoms with Crippen LogP contribution in [-0.4, -0.2) is 52.1 Å². The zero-order valence-electron chi connectivity index (χ0n) is 17.6. The minimum Gasteiger partial charge on any atom is -0.354 e. The smallest absolute Gasteiger partial charge is 0.261 e. The molecule has 160 valence electrons. The highest BCUT2D eigenvalue weighted by atomic mass is 16.5. The maximum Gasteiger partial charge on any atom is 0.261 e. The van der Waals surface area contributed by atoms with Crippen LogP contribution in [0.15, 0.2) is 53.2 Å². The topological polar surface area (TPSA) is 75.4 Å². The van der Waals surface area contributed by atoms with E-state index in [9.17, 15) is 4.79 Å². The molecule has 1 saturated carbocycles. The highest BCUT2D eigenvalue weighted by Crippen LogP contribution is 2.39. The average molecular weight is 418 g/mol. The number of pyridine rings is 1. The molecule has 5 rings (SSSR count). The Balaban J connectivity index is 1.25. The minimum absolute atomic E-state index is 0.220. The van der Waals surface area contributed by atoms with Crippen LogP contribution in [0.3, 0.4) is 0 Å². The third kappa shape index (κ3) is 4.60. The van der Waals surface area contributed by atoms with E-state index in [0.29, 0.717) is 24.8 Å². The van der Waals surface area contributed by atoms with Gasteiger partial charge in [-0.1, -0.05) is 35.5 Å². The molecule has 0 radical (unpaired) electrons. The van der Waals surface area contributed by atoms with E-state index < -0.39 is 0 Å². The molecule has 31 heavy (non-hydrogen) atoms. The molecule has 3 heterocycles. The maximum atomic E-state index is 12.8. The van der Waals surface area contributed by atoms with Gasteiger partial charge in [0.25, 0.3) is 5.89 Å². The zero-order valence-corrected chi connectivity index (χ0v) is 17.6. The van der Waals surface area contributed by atoms with Crippen molar-refractivity contribution in [2.75, 3.05) is 31.1 Å². The number of hydrogen-bond acceptors (Lipinski definition) is 6. The van der Waals surface area contributed by atoms with Crippen molar-refractivity contribution in [3.63, 3.8) is 0 Å². The van der Waals surface area contributed by atoms with Crippen molar-refractivity contribution in [1.29, 1.82) is 0 Å². The van der Waals surface area contributed by atoms with Crippen molar-refractivity contribution in [1.82, 2.24) is 20.0 Å². The first-order valence-corrected chi connectivity index (χ1v) is 11.1. The van der Waals surface area contributed by atoms with E-state index in [4.69, 9.17) is 4.52 Å². The van der Waals surface area contributed by atoms with Crippen LogP contribution in [0.2, 0.25) is 0 Å². The lowest BCUT2D eigenvalue weighted by molar-refractivity contribution is -0.130. The Bertz CT molecular complexity index is 1030. The predicted octanol–water partition coefficient (Wildman–Crippen LogP) is 3.68. The highest BCUT2D eigenvalue weighted by molar-refractivity contribution is 5.77. The molecule has 7 nitrogen and oxygen atoms in total. The number of hydrogen-bond donors (Lipinski definition) is 0. The standard InChI is InChI=1S/C24H27N5O2/c30-21(12-9-18-6-2-1-3-7-18)28-14-5-15-29(17-16-28)23-20(8-4-13-25-23)24-26-22(27-31-24)19-10-11-19/h1-4,6-8,13,19H,5,9-12,14-17H2. The summed E-state index contributed by atoms with van der Waals surface area (Å²) in [5.41, 5.74) is 2.07. The van der Waals surface area contributed by atoms with Gasteiger partial charge in [0.05, 0.1) is 5.56 Å². The van der Waals surface area contributed by atoms with Gasteiger partial charge in [-0.05, 0) is 43.4 Å². The summed E-state index contributed by atoms with van der Waals surface area (Å²) in [6.45, 7) is 3.06. The Hall–Kier alpha value is -3.22. The van der Waals surface area contributed by atoms with E-state index >= 15 is 0 Å². The molecule has 0 N–H and O–H groups in total. The van der Waals surface area contributed by atoms with Crippen molar-refractivity contribution in [3.05, 3.63) is 60.0 Å². The van der Waals surface area contributed by atoms with Gasteiger partial charge in [0, 0.05) is 44.7 Å². The molecule has 0 spiro atoms. The van der Waals surface area contributed by atoms with Crippen LogP contribution in [-0.2, 0) is 11.2 Å². The molecule has 3 aromatic rings. The normalized spacial score (nSPS) is 16.9. The van der Waals surface area contributed by atoms with Crippen LogP contribution < -0.4 is 4.90 Å². The van der Waals surface area contributed by atoms with E-state index in [0.717, 1.165) is 62.5 Å². The van der Waals surface area contributed by atoms with Crippen LogP contribution in [0.1, 0.15) is 43.0 Å². The van der Waals surface area contributed by atoms with Gasteiger partial charge in [0.1, 0.15) is 5.82 Å².